The van der Waals surface area contributed by atoms with Crippen LogP contribution in [-0.4, -0.2) is 19.6 Å². The molecule has 2 nitrogen and oxygen atoms in total. The largest absolute Gasteiger partial charge is 0.372 e. The predicted octanol–water partition coefficient (Wildman–Crippen LogP) is 3.97. The highest BCUT2D eigenvalue weighted by Crippen LogP contribution is 2.29. The number of hydrogen-bond donors (Lipinski definition) is 1. The number of benzene rings is 1. The van der Waals surface area contributed by atoms with E-state index in [0.717, 1.165) is 24.1 Å². The molecule has 0 bridgehead atoms. The minimum Gasteiger partial charge on any atom is -0.372 e. The second-order valence-corrected chi connectivity index (χ2v) is 5.07. The molecule has 96 valence electrons. The summed E-state index contributed by atoms with van der Waals surface area (Å²) in [5.74, 6) is 0. The Hall–Kier alpha value is -0.540. The summed E-state index contributed by atoms with van der Waals surface area (Å²) in [6.07, 6.45) is 0. The zero-order valence-corrected chi connectivity index (χ0v) is 12.8. The van der Waals surface area contributed by atoms with E-state index >= 15 is 0 Å². The van der Waals surface area contributed by atoms with Crippen molar-refractivity contribution < 1.29 is 0 Å². The van der Waals surface area contributed by atoms with Gasteiger partial charge in [0.1, 0.15) is 0 Å². The summed E-state index contributed by atoms with van der Waals surface area (Å²) < 4.78 is 1.15. The average Bonchev–Trinajstić information content (AvgIpc) is 2.32. The van der Waals surface area contributed by atoms with E-state index in [-0.39, 0.29) is 0 Å². The number of nitrogens with zero attached hydrogens (tertiary/aromatic N) is 1. The molecule has 0 aliphatic carbocycles. The summed E-state index contributed by atoms with van der Waals surface area (Å²) in [7, 11) is 0. The number of hydrogen-bond acceptors (Lipinski definition) is 2. The molecule has 0 aliphatic heterocycles. The Morgan fingerprint density at radius 3 is 2.41 bits per heavy atom. The Morgan fingerprint density at radius 1 is 1.24 bits per heavy atom. The van der Waals surface area contributed by atoms with E-state index in [0.29, 0.717) is 6.04 Å². The second kappa shape index (κ2) is 7.02. The third kappa shape index (κ3) is 3.71. The van der Waals surface area contributed by atoms with Crippen LogP contribution in [0.3, 0.4) is 0 Å². The fraction of sp³-hybridized carbons (Fsp3) is 0.571. The van der Waals surface area contributed by atoms with Gasteiger partial charge >= 0.3 is 0 Å². The van der Waals surface area contributed by atoms with Crippen LogP contribution in [0.5, 0.6) is 0 Å². The standard InChI is InChI=1S/C14H23BrN2/c1-5-16-11(4)13-10-12(15)8-9-14(13)17(6-2)7-3/h8-11,16H,5-7H2,1-4H3. The van der Waals surface area contributed by atoms with Gasteiger partial charge in [0, 0.05) is 29.3 Å². The first-order valence-electron chi connectivity index (χ1n) is 6.41. The van der Waals surface area contributed by atoms with Crippen molar-refractivity contribution in [3.63, 3.8) is 0 Å². The summed E-state index contributed by atoms with van der Waals surface area (Å²) in [5, 5.41) is 3.48. The average molecular weight is 299 g/mol. The molecule has 1 unspecified atom stereocenters. The molecule has 0 aliphatic rings. The molecule has 0 heterocycles. The molecule has 0 amide bonds. The lowest BCUT2D eigenvalue weighted by Gasteiger charge is -2.27. The Labute approximate surface area is 114 Å². The molecule has 1 aromatic carbocycles. The van der Waals surface area contributed by atoms with E-state index in [1.807, 2.05) is 0 Å². The fourth-order valence-electron chi connectivity index (χ4n) is 2.14. The van der Waals surface area contributed by atoms with Crippen LogP contribution in [0.2, 0.25) is 0 Å². The van der Waals surface area contributed by atoms with E-state index in [2.05, 4.69) is 72.0 Å². The molecule has 0 fully saturated rings. The zero-order chi connectivity index (χ0) is 12.8. The van der Waals surface area contributed by atoms with Crippen molar-refractivity contribution in [3.05, 3.63) is 28.2 Å². The lowest BCUT2D eigenvalue weighted by atomic mass is 10.0. The van der Waals surface area contributed by atoms with Crippen molar-refractivity contribution in [2.75, 3.05) is 24.5 Å². The van der Waals surface area contributed by atoms with Gasteiger partial charge in [-0.05, 0) is 51.1 Å². The first-order chi connectivity index (χ1) is 8.13. The quantitative estimate of drug-likeness (QED) is 0.855. The van der Waals surface area contributed by atoms with Crippen LogP contribution < -0.4 is 10.2 Å². The molecule has 0 spiro atoms. The lowest BCUT2D eigenvalue weighted by Crippen LogP contribution is -2.26. The molecule has 0 aromatic heterocycles. The van der Waals surface area contributed by atoms with Crippen molar-refractivity contribution in [2.24, 2.45) is 0 Å². The molecular formula is C14H23BrN2. The van der Waals surface area contributed by atoms with Crippen LogP contribution in [0, 0.1) is 0 Å². The summed E-state index contributed by atoms with van der Waals surface area (Å²) in [5.41, 5.74) is 2.71. The normalized spacial score (nSPS) is 12.5. The van der Waals surface area contributed by atoms with Crippen molar-refractivity contribution >= 4 is 21.6 Å². The molecule has 0 radical (unpaired) electrons. The lowest BCUT2D eigenvalue weighted by molar-refractivity contribution is 0.596. The highest BCUT2D eigenvalue weighted by molar-refractivity contribution is 9.10. The number of halogens is 1. The van der Waals surface area contributed by atoms with Crippen molar-refractivity contribution in [1.29, 1.82) is 0 Å². The van der Waals surface area contributed by atoms with Gasteiger partial charge in [-0.3, -0.25) is 0 Å². The molecule has 0 saturated carbocycles. The molecule has 1 rings (SSSR count). The summed E-state index contributed by atoms with van der Waals surface area (Å²) in [6, 6.07) is 6.94. The third-order valence-electron chi connectivity index (χ3n) is 3.07. The van der Waals surface area contributed by atoms with Crippen LogP contribution in [-0.2, 0) is 0 Å². The van der Waals surface area contributed by atoms with Crippen LogP contribution in [0.1, 0.15) is 39.3 Å². The molecular weight excluding hydrogens is 276 g/mol. The molecule has 17 heavy (non-hydrogen) atoms. The van der Waals surface area contributed by atoms with Gasteiger partial charge in [0.15, 0.2) is 0 Å². The minimum absolute atomic E-state index is 0.382. The van der Waals surface area contributed by atoms with Gasteiger partial charge in [-0.2, -0.15) is 0 Å². The predicted molar refractivity (Wildman–Crippen MR) is 79.8 cm³/mol. The summed E-state index contributed by atoms with van der Waals surface area (Å²) in [6.45, 7) is 11.9. The minimum atomic E-state index is 0.382. The Morgan fingerprint density at radius 2 is 1.88 bits per heavy atom. The van der Waals surface area contributed by atoms with Gasteiger partial charge < -0.3 is 10.2 Å². The van der Waals surface area contributed by atoms with Gasteiger partial charge in [-0.25, -0.2) is 0 Å². The maximum absolute atomic E-state index is 3.56. The number of anilines is 1. The first-order valence-corrected chi connectivity index (χ1v) is 7.21. The molecule has 1 N–H and O–H groups in total. The Kier molecular flexibility index (Phi) is 6.00. The first kappa shape index (κ1) is 14.5. The SMILES string of the molecule is CCNC(C)c1cc(Br)ccc1N(CC)CC. The van der Waals surface area contributed by atoms with E-state index in [9.17, 15) is 0 Å². The molecule has 1 atom stereocenters. The second-order valence-electron chi connectivity index (χ2n) is 4.15. The van der Waals surface area contributed by atoms with E-state index in [1.54, 1.807) is 0 Å². The van der Waals surface area contributed by atoms with Gasteiger partial charge in [-0.1, -0.05) is 22.9 Å². The Balaban J connectivity index is 3.10. The Bertz CT molecular complexity index is 348. The monoisotopic (exact) mass is 298 g/mol. The zero-order valence-electron chi connectivity index (χ0n) is 11.3. The maximum atomic E-state index is 3.56. The van der Waals surface area contributed by atoms with Gasteiger partial charge in [0.05, 0.1) is 0 Å². The number of nitrogens with one attached hydrogen (secondary N) is 1. The van der Waals surface area contributed by atoms with Crippen LogP contribution in [0.25, 0.3) is 0 Å². The van der Waals surface area contributed by atoms with Crippen LogP contribution >= 0.6 is 15.9 Å². The smallest absolute Gasteiger partial charge is 0.0415 e. The maximum Gasteiger partial charge on any atom is 0.0415 e. The van der Waals surface area contributed by atoms with Gasteiger partial charge in [0.25, 0.3) is 0 Å². The number of rotatable bonds is 6. The van der Waals surface area contributed by atoms with Crippen LogP contribution in [0.4, 0.5) is 5.69 Å². The summed E-state index contributed by atoms with van der Waals surface area (Å²) >= 11 is 3.56. The van der Waals surface area contributed by atoms with E-state index in [1.165, 1.54) is 11.3 Å². The summed E-state index contributed by atoms with van der Waals surface area (Å²) in [4.78, 5) is 2.40. The van der Waals surface area contributed by atoms with Crippen molar-refractivity contribution in [2.45, 2.75) is 33.7 Å². The molecule has 3 heteroatoms. The van der Waals surface area contributed by atoms with E-state index < -0.39 is 0 Å². The fourth-order valence-corrected chi connectivity index (χ4v) is 2.52. The van der Waals surface area contributed by atoms with E-state index in [4.69, 9.17) is 0 Å². The molecule has 0 saturated heterocycles. The van der Waals surface area contributed by atoms with Crippen molar-refractivity contribution in [1.82, 2.24) is 5.32 Å². The van der Waals surface area contributed by atoms with Crippen LogP contribution in [0.15, 0.2) is 22.7 Å². The third-order valence-corrected chi connectivity index (χ3v) is 3.56. The molecule has 1 aromatic rings. The van der Waals surface area contributed by atoms with Crippen molar-refractivity contribution in [3.8, 4) is 0 Å². The van der Waals surface area contributed by atoms with Gasteiger partial charge in [-0.15, -0.1) is 0 Å². The highest BCUT2D eigenvalue weighted by Gasteiger charge is 2.13. The highest BCUT2D eigenvalue weighted by atomic mass is 79.9. The topological polar surface area (TPSA) is 15.3 Å². The van der Waals surface area contributed by atoms with Gasteiger partial charge in [0.2, 0.25) is 0 Å².